The molecule has 0 unspecified atom stereocenters. The van der Waals surface area contributed by atoms with Gasteiger partial charge in [0.1, 0.15) is 12.6 Å². The Morgan fingerprint density at radius 2 is 1.56 bits per heavy atom. The van der Waals surface area contributed by atoms with Crippen LogP contribution in [0.2, 0.25) is 10.0 Å². The lowest BCUT2D eigenvalue weighted by Crippen LogP contribution is -2.52. The van der Waals surface area contributed by atoms with Gasteiger partial charge in [0.25, 0.3) is 10.0 Å². The predicted octanol–water partition coefficient (Wildman–Crippen LogP) is 6.20. The van der Waals surface area contributed by atoms with E-state index in [0.29, 0.717) is 21.3 Å². The molecule has 0 saturated heterocycles. The number of sulfonamides is 1. The van der Waals surface area contributed by atoms with Gasteiger partial charge >= 0.3 is 0 Å². The highest BCUT2D eigenvalue weighted by Crippen LogP contribution is 2.27. The number of anilines is 1. The van der Waals surface area contributed by atoms with Gasteiger partial charge in [0.05, 0.1) is 10.6 Å². The summed E-state index contributed by atoms with van der Waals surface area (Å²) in [7, 11) is -4.14. The highest BCUT2D eigenvalue weighted by atomic mass is 79.9. The first-order valence-electron chi connectivity index (χ1n) is 12.2. The van der Waals surface area contributed by atoms with Gasteiger partial charge < -0.3 is 10.2 Å². The van der Waals surface area contributed by atoms with Crippen molar-refractivity contribution >= 4 is 66.7 Å². The quantitative estimate of drug-likeness (QED) is 0.282. The van der Waals surface area contributed by atoms with E-state index in [0.717, 1.165) is 14.3 Å². The minimum absolute atomic E-state index is 0.0275. The van der Waals surface area contributed by atoms with Gasteiger partial charge in [0.2, 0.25) is 11.8 Å². The molecule has 3 rings (SSSR count). The van der Waals surface area contributed by atoms with E-state index in [1.165, 1.54) is 17.0 Å². The van der Waals surface area contributed by atoms with Crippen molar-refractivity contribution in [2.45, 2.75) is 51.2 Å². The molecule has 3 aromatic carbocycles. The van der Waals surface area contributed by atoms with E-state index in [2.05, 4.69) is 21.2 Å². The van der Waals surface area contributed by atoms with E-state index >= 15 is 0 Å². The van der Waals surface area contributed by atoms with Crippen LogP contribution in [-0.2, 0) is 26.2 Å². The molecule has 0 bridgehead atoms. The average molecular weight is 655 g/mol. The molecule has 0 spiro atoms. The van der Waals surface area contributed by atoms with Gasteiger partial charge in [-0.3, -0.25) is 13.9 Å². The standard InChI is InChI=1S/C28H30BrCl2N3O4S/c1-18(2)32-28(36)20(4)33(16-21-7-10-23(30)15-26(21)31)27(35)17-34(24-11-8-22(29)9-12-24)39(37,38)25-13-5-19(3)6-14-25/h5-15,18,20H,16-17H2,1-4H3,(H,32,36)/t20-/m0/s1. The second-order valence-corrected chi connectivity index (χ2v) is 13.0. The molecule has 1 N–H and O–H groups in total. The Hall–Kier alpha value is -2.59. The van der Waals surface area contributed by atoms with Crippen molar-refractivity contribution in [3.8, 4) is 0 Å². The Kier molecular flexibility index (Phi) is 10.5. The van der Waals surface area contributed by atoms with Crippen molar-refractivity contribution < 1.29 is 18.0 Å². The Balaban J connectivity index is 2.04. The molecule has 0 fully saturated rings. The van der Waals surface area contributed by atoms with Crippen molar-refractivity contribution in [1.29, 1.82) is 0 Å². The zero-order chi connectivity index (χ0) is 28.9. The molecule has 0 aliphatic carbocycles. The number of amides is 2. The summed E-state index contributed by atoms with van der Waals surface area (Å²) in [4.78, 5) is 28.2. The van der Waals surface area contributed by atoms with Crippen LogP contribution < -0.4 is 9.62 Å². The Morgan fingerprint density at radius 3 is 2.13 bits per heavy atom. The minimum atomic E-state index is -4.14. The Labute approximate surface area is 248 Å². The van der Waals surface area contributed by atoms with Crippen LogP contribution in [0.3, 0.4) is 0 Å². The van der Waals surface area contributed by atoms with Gasteiger partial charge in [-0.05, 0) is 81.8 Å². The van der Waals surface area contributed by atoms with E-state index in [4.69, 9.17) is 23.2 Å². The van der Waals surface area contributed by atoms with Crippen LogP contribution in [-0.4, -0.2) is 43.8 Å². The lowest BCUT2D eigenvalue weighted by molar-refractivity contribution is -0.139. The number of nitrogens with one attached hydrogen (secondary N) is 1. The van der Waals surface area contributed by atoms with Crippen molar-refractivity contribution in [3.05, 3.63) is 92.4 Å². The number of aryl methyl sites for hydroxylation is 1. The van der Waals surface area contributed by atoms with E-state index in [1.807, 2.05) is 20.8 Å². The van der Waals surface area contributed by atoms with Gasteiger partial charge in [-0.2, -0.15) is 0 Å². The SMILES string of the molecule is Cc1ccc(S(=O)(=O)N(CC(=O)N(Cc2ccc(Cl)cc2Cl)[C@@H](C)C(=O)NC(C)C)c2ccc(Br)cc2)cc1. The highest BCUT2D eigenvalue weighted by Gasteiger charge is 2.33. The fourth-order valence-electron chi connectivity index (χ4n) is 3.79. The van der Waals surface area contributed by atoms with Crippen molar-refractivity contribution in [2.75, 3.05) is 10.8 Å². The molecule has 0 saturated carbocycles. The normalized spacial score (nSPS) is 12.2. The Bertz CT molecular complexity index is 1430. The number of nitrogens with zero attached hydrogens (tertiary/aromatic N) is 2. The number of carbonyl (C=O) groups excluding carboxylic acids is 2. The molecule has 0 aliphatic heterocycles. The molecule has 0 aromatic heterocycles. The molecular weight excluding hydrogens is 625 g/mol. The lowest BCUT2D eigenvalue weighted by atomic mass is 10.1. The molecule has 1 atom stereocenters. The summed E-state index contributed by atoms with van der Waals surface area (Å²) in [6.45, 7) is 6.52. The second kappa shape index (κ2) is 13.2. The summed E-state index contributed by atoms with van der Waals surface area (Å²) in [6, 6.07) is 16.8. The third kappa shape index (κ3) is 7.97. The summed E-state index contributed by atoms with van der Waals surface area (Å²) in [6.07, 6.45) is 0. The number of halogens is 3. The monoisotopic (exact) mass is 653 g/mol. The molecule has 0 aliphatic rings. The van der Waals surface area contributed by atoms with Crippen LogP contribution in [0.5, 0.6) is 0 Å². The number of hydrogen-bond donors (Lipinski definition) is 1. The molecule has 2 amide bonds. The summed E-state index contributed by atoms with van der Waals surface area (Å²) < 4.78 is 29.4. The summed E-state index contributed by atoms with van der Waals surface area (Å²) in [5, 5.41) is 3.57. The zero-order valence-corrected chi connectivity index (χ0v) is 25.9. The highest BCUT2D eigenvalue weighted by molar-refractivity contribution is 9.10. The van der Waals surface area contributed by atoms with Crippen LogP contribution in [0.25, 0.3) is 0 Å². The second-order valence-electron chi connectivity index (χ2n) is 9.40. The summed E-state index contributed by atoms with van der Waals surface area (Å²) in [5.74, 6) is -0.953. The van der Waals surface area contributed by atoms with Gasteiger partial charge in [-0.15, -0.1) is 0 Å². The van der Waals surface area contributed by atoms with Gasteiger partial charge in [-0.25, -0.2) is 8.42 Å². The molecule has 0 heterocycles. The lowest BCUT2D eigenvalue weighted by Gasteiger charge is -2.32. The van der Waals surface area contributed by atoms with Crippen molar-refractivity contribution in [2.24, 2.45) is 0 Å². The van der Waals surface area contributed by atoms with E-state index in [1.54, 1.807) is 61.5 Å². The maximum Gasteiger partial charge on any atom is 0.264 e. The van der Waals surface area contributed by atoms with Gasteiger partial charge in [0, 0.05) is 27.1 Å². The fourth-order valence-corrected chi connectivity index (χ4v) is 5.94. The van der Waals surface area contributed by atoms with Crippen LogP contribution in [0.4, 0.5) is 5.69 Å². The third-order valence-corrected chi connectivity index (χ3v) is 8.86. The van der Waals surface area contributed by atoms with E-state index < -0.39 is 28.5 Å². The third-order valence-electron chi connectivity index (χ3n) is 5.96. The first kappa shape index (κ1) is 30.9. The number of benzene rings is 3. The zero-order valence-electron chi connectivity index (χ0n) is 22.0. The van der Waals surface area contributed by atoms with Crippen molar-refractivity contribution in [3.63, 3.8) is 0 Å². The molecule has 3 aromatic rings. The average Bonchev–Trinajstić information content (AvgIpc) is 2.86. The van der Waals surface area contributed by atoms with Crippen LogP contribution in [0, 0.1) is 6.92 Å². The molecule has 208 valence electrons. The molecular formula is C28H30BrCl2N3O4S. The first-order valence-corrected chi connectivity index (χ1v) is 15.2. The summed E-state index contributed by atoms with van der Waals surface area (Å²) >= 11 is 15.8. The molecule has 11 heteroatoms. The summed E-state index contributed by atoms with van der Waals surface area (Å²) in [5.41, 5.74) is 1.77. The number of rotatable bonds is 10. The maximum absolute atomic E-state index is 13.9. The van der Waals surface area contributed by atoms with Crippen LogP contribution in [0.15, 0.2) is 76.1 Å². The van der Waals surface area contributed by atoms with Gasteiger partial charge in [0.15, 0.2) is 0 Å². The van der Waals surface area contributed by atoms with Crippen molar-refractivity contribution in [1.82, 2.24) is 10.2 Å². The Morgan fingerprint density at radius 1 is 0.949 bits per heavy atom. The molecule has 0 radical (unpaired) electrons. The number of hydrogen-bond acceptors (Lipinski definition) is 4. The predicted molar refractivity (Wildman–Crippen MR) is 160 cm³/mol. The number of carbonyl (C=O) groups is 2. The fraction of sp³-hybridized carbons (Fsp3) is 0.286. The van der Waals surface area contributed by atoms with Crippen LogP contribution in [0.1, 0.15) is 31.9 Å². The first-order chi connectivity index (χ1) is 18.3. The molecule has 7 nitrogen and oxygen atoms in total. The smallest absolute Gasteiger partial charge is 0.264 e. The van der Waals surface area contributed by atoms with E-state index in [9.17, 15) is 18.0 Å². The molecule has 39 heavy (non-hydrogen) atoms. The van der Waals surface area contributed by atoms with E-state index in [-0.39, 0.29) is 23.4 Å². The maximum atomic E-state index is 13.9. The van der Waals surface area contributed by atoms with Gasteiger partial charge in [-0.1, -0.05) is 62.9 Å². The topological polar surface area (TPSA) is 86.8 Å². The largest absolute Gasteiger partial charge is 0.352 e. The van der Waals surface area contributed by atoms with Crippen LogP contribution >= 0.6 is 39.1 Å². The minimum Gasteiger partial charge on any atom is -0.352 e.